The smallest absolute Gasteiger partial charge is 0.156 e. The molecular formula is C28H25N7. The molecule has 5 rings (SSSR count). The molecule has 1 N–H and O–H groups in total. The van der Waals surface area contributed by atoms with Gasteiger partial charge in [0, 0.05) is 23.1 Å². The highest BCUT2D eigenvalue weighted by Crippen LogP contribution is 2.29. The van der Waals surface area contributed by atoms with Gasteiger partial charge in [-0.15, -0.1) is 0 Å². The lowest BCUT2D eigenvalue weighted by Crippen LogP contribution is -2.11. The summed E-state index contributed by atoms with van der Waals surface area (Å²) < 4.78 is 1.68. The van der Waals surface area contributed by atoms with Gasteiger partial charge in [0.05, 0.1) is 11.7 Å². The van der Waals surface area contributed by atoms with Crippen LogP contribution in [0, 0.1) is 39.0 Å². The summed E-state index contributed by atoms with van der Waals surface area (Å²) in [5.74, 6) is 2.48. The number of nitriles is 1. The first kappa shape index (κ1) is 22.2. The largest absolute Gasteiger partial charge is 0.323 e. The summed E-state index contributed by atoms with van der Waals surface area (Å²) in [6.07, 6.45) is 2.22. The molecule has 5 aromatic rings. The molecule has 3 heterocycles. The standard InChI is InChI=1S/C28H25N7/c1-17-9-8-12-23-18(2)13-25(33-26(17)23)35-28(22(15-29)16-30-35)34-27-24(19(3)31-20(4)32-27)14-21-10-6-5-7-11-21/h5-13,16H,14H2,1-4H3,(H,31,32,34). The Balaban J connectivity index is 1.64. The number of hydrogen-bond acceptors (Lipinski definition) is 6. The molecule has 0 spiro atoms. The molecule has 0 aliphatic carbocycles. The minimum absolute atomic E-state index is 0.411. The Hall–Kier alpha value is -4.57. The van der Waals surface area contributed by atoms with Crippen LogP contribution >= 0.6 is 0 Å². The highest BCUT2D eigenvalue weighted by molar-refractivity contribution is 5.85. The van der Waals surface area contributed by atoms with Crippen LogP contribution in [-0.4, -0.2) is 24.7 Å². The third kappa shape index (κ3) is 4.22. The van der Waals surface area contributed by atoms with Crippen molar-refractivity contribution in [2.24, 2.45) is 0 Å². The number of aromatic nitrogens is 5. The summed E-state index contributed by atoms with van der Waals surface area (Å²) in [7, 11) is 0. The number of aryl methyl sites for hydroxylation is 4. The van der Waals surface area contributed by atoms with Gasteiger partial charge >= 0.3 is 0 Å². The van der Waals surface area contributed by atoms with E-state index in [1.807, 2.05) is 57.2 Å². The van der Waals surface area contributed by atoms with E-state index < -0.39 is 0 Å². The second-order valence-corrected chi connectivity index (χ2v) is 8.67. The molecule has 3 aromatic heterocycles. The van der Waals surface area contributed by atoms with Crippen LogP contribution in [0.25, 0.3) is 16.7 Å². The molecule has 35 heavy (non-hydrogen) atoms. The van der Waals surface area contributed by atoms with Gasteiger partial charge in [-0.2, -0.15) is 15.0 Å². The zero-order valence-electron chi connectivity index (χ0n) is 20.2. The van der Waals surface area contributed by atoms with Crippen molar-refractivity contribution in [3.05, 3.63) is 100 Å². The summed E-state index contributed by atoms with van der Waals surface area (Å²) in [4.78, 5) is 14.2. The second-order valence-electron chi connectivity index (χ2n) is 8.67. The van der Waals surface area contributed by atoms with Crippen LogP contribution in [0.2, 0.25) is 0 Å². The third-order valence-electron chi connectivity index (χ3n) is 6.13. The average Bonchev–Trinajstić information content (AvgIpc) is 3.25. The minimum Gasteiger partial charge on any atom is -0.323 e. The molecule has 0 saturated heterocycles. The van der Waals surface area contributed by atoms with Crippen LogP contribution < -0.4 is 5.32 Å². The normalized spacial score (nSPS) is 10.9. The van der Waals surface area contributed by atoms with E-state index in [0.717, 1.165) is 38.9 Å². The SMILES string of the molecule is Cc1nc(C)c(Cc2ccccc2)c(Nc2c(C#N)cnn2-c2cc(C)c3cccc(C)c3n2)n1. The first-order chi connectivity index (χ1) is 16.9. The molecule has 0 radical (unpaired) electrons. The van der Waals surface area contributed by atoms with Crippen molar-refractivity contribution in [2.75, 3.05) is 5.32 Å². The maximum absolute atomic E-state index is 9.84. The van der Waals surface area contributed by atoms with Gasteiger partial charge < -0.3 is 5.32 Å². The van der Waals surface area contributed by atoms with E-state index in [1.54, 1.807) is 10.9 Å². The first-order valence-electron chi connectivity index (χ1n) is 11.4. The van der Waals surface area contributed by atoms with Crippen molar-refractivity contribution in [2.45, 2.75) is 34.1 Å². The topological polar surface area (TPSA) is 92.3 Å². The number of fused-ring (bicyclic) bond motifs is 1. The summed E-state index contributed by atoms with van der Waals surface area (Å²) in [6.45, 7) is 7.95. The van der Waals surface area contributed by atoms with Crippen LogP contribution in [0.3, 0.4) is 0 Å². The van der Waals surface area contributed by atoms with Gasteiger partial charge in [0.2, 0.25) is 0 Å². The number of anilines is 2. The summed E-state index contributed by atoms with van der Waals surface area (Å²) in [5.41, 5.74) is 6.52. The van der Waals surface area contributed by atoms with Crippen molar-refractivity contribution in [1.82, 2.24) is 24.7 Å². The predicted molar refractivity (Wildman–Crippen MR) is 137 cm³/mol. The Morgan fingerprint density at radius 3 is 2.49 bits per heavy atom. The first-order valence-corrected chi connectivity index (χ1v) is 11.4. The Morgan fingerprint density at radius 1 is 0.914 bits per heavy atom. The quantitative estimate of drug-likeness (QED) is 0.365. The molecule has 172 valence electrons. The molecule has 2 aromatic carbocycles. The number of benzene rings is 2. The Bertz CT molecular complexity index is 1590. The molecule has 0 aliphatic rings. The Kier molecular flexibility index (Phi) is 5.71. The molecular weight excluding hydrogens is 434 g/mol. The molecule has 0 amide bonds. The van der Waals surface area contributed by atoms with Crippen molar-refractivity contribution in [3.8, 4) is 11.9 Å². The molecule has 0 fully saturated rings. The molecule has 0 aliphatic heterocycles. The Morgan fingerprint density at radius 2 is 1.71 bits per heavy atom. The van der Waals surface area contributed by atoms with E-state index in [4.69, 9.17) is 9.97 Å². The molecule has 0 unspecified atom stereocenters. The van der Waals surface area contributed by atoms with E-state index >= 15 is 0 Å². The van der Waals surface area contributed by atoms with Crippen molar-refractivity contribution in [3.63, 3.8) is 0 Å². The average molecular weight is 460 g/mol. The van der Waals surface area contributed by atoms with Gasteiger partial charge in [0.1, 0.15) is 23.3 Å². The lowest BCUT2D eigenvalue weighted by molar-refractivity contribution is 0.855. The summed E-state index contributed by atoms with van der Waals surface area (Å²) >= 11 is 0. The number of para-hydroxylation sites is 1. The number of nitrogens with one attached hydrogen (secondary N) is 1. The zero-order valence-corrected chi connectivity index (χ0v) is 20.2. The molecule has 0 atom stereocenters. The minimum atomic E-state index is 0.411. The number of pyridine rings is 1. The predicted octanol–water partition coefficient (Wildman–Crippen LogP) is 5.65. The van der Waals surface area contributed by atoms with Crippen LogP contribution in [-0.2, 0) is 6.42 Å². The van der Waals surface area contributed by atoms with E-state index in [0.29, 0.717) is 35.3 Å². The monoisotopic (exact) mass is 459 g/mol. The fraction of sp³-hybridized carbons (Fsp3) is 0.179. The second kappa shape index (κ2) is 8.99. The number of hydrogen-bond donors (Lipinski definition) is 1. The lowest BCUT2D eigenvalue weighted by Gasteiger charge is -2.16. The van der Waals surface area contributed by atoms with Gasteiger partial charge in [0.15, 0.2) is 11.6 Å². The molecule has 7 nitrogen and oxygen atoms in total. The van der Waals surface area contributed by atoms with Crippen molar-refractivity contribution in [1.29, 1.82) is 5.26 Å². The van der Waals surface area contributed by atoms with Crippen LogP contribution in [0.4, 0.5) is 11.6 Å². The maximum Gasteiger partial charge on any atom is 0.156 e. The lowest BCUT2D eigenvalue weighted by atomic mass is 10.0. The van der Waals surface area contributed by atoms with E-state index in [9.17, 15) is 5.26 Å². The van der Waals surface area contributed by atoms with E-state index in [1.165, 1.54) is 0 Å². The van der Waals surface area contributed by atoms with E-state index in [2.05, 4.69) is 46.6 Å². The fourth-order valence-electron chi connectivity index (χ4n) is 4.34. The highest BCUT2D eigenvalue weighted by Gasteiger charge is 2.19. The molecule has 0 saturated carbocycles. The van der Waals surface area contributed by atoms with Gasteiger partial charge in [-0.1, -0.05) is 48.5 Å². The van der Waals surface area contributed by atoms with Gasteiger partial charge in [-0.25, -0.2) is 15.0 Å². The Labute approximate surface area is 204 Å². The molecule has 7 heteroatoms. The van der Waals surface area contributed by atoms with Gasteiger partial charge in [0.25, 0.3) is 0 Å². The maximum atomic E-state index is 9.84. The molecule has 0 bridgehead atoms. The summed E-state index contributed by atoms with van der Waals surface area (Å²) in [5, 5.41) is 18.9. The number of nitrogens with zero attached hydrogens (tertiary/aromatic N) is 6. The van der Waals surface area contributed by atoms with E-state index in [-0.39, 0.29) is 0 Å². The number of rotatable bonds is 5. The van der Waals surface area contributed by atoms with Crippen molar-refractivity contribution < 1.29 is 0 Å². The zero-order chi connectivity index (χ0) is 24.5. The third-order valence-corrected chi connectivity index (χ3v) is 6.13. The van der Waals surface area contributed by atoms with Crippen molar-refractivity contribution >= 4 is 22.5 Å². The highest BCUT2D eigenvalue weighted by atomic mass is 15.4. The van der Waals surface area contributed by atoms with Crippen LogP contribution in [0.5, 0.6) is 0 Å². The van der Waals surface area contributed by atoms with Gasteiger partial charge in [-0.3, -0.25) is 0 Å². The summed E-state index contributed by atoms with van der Waals surface area (Å²) in [6, 6.07) is 20.6. The fourth-order valence-corrected chi connectivity index (χ4v) is 4.34. The van der Waals surface area contributed by atoms with Crippen LogP contribution in [0.1, 0.15) is 39.3 Å². The van der Waals surface area contributed by atoms with Crippen LogP contribution in [0.15, 0.2) is 60.8 Å². The van der Waals surface area contributed by atoms with Gasteiger partial charge in [-0.05, 0) is 50.5 Å².